The van der Waals surface area contributed by atoms with E-state index in [-0.39, 0.29) is 5.56 Å². The van der Waals surface area contributed by atoms with Crippen molar-refractivity contribution in [3.05, 3.63) is 49.5 Å². The fourth-order valence-corrected chi connectivity index (χ4v) is 6.71. The predicted molar refractivity (Wildman–Crippen MR) is 127 cm³/mol. The van der Waals surface area contributed by atoms with E-state index < -0.39 is 0 Å². The molecule has 0 unspecified atom stereocenters. The minimum absolute atomic E-state index is 0.0252. The molecule has 4 aromatic heterocycles. The summed E-state index contributed by atoms with van der Waals surface area (Å²) in [6.45, 7) is 10.2. The second-order valence-corrected chi connectivity index (χ2v) is 10.7. The average Bonchev–Trinajstić information content (AvgIpc) is 3.26. The number of hydrogen-bond acceptors (Lipinski definition) is 9. The van der Waals surface area contributed by atoms with Gasteiger partial charge in [-0.15, -0.1) is 22.7 Å². The number of fused-ring (bicyclic) bond motifs is 2. The SMILES string of the molecule is Cc1sc2nc(CN3CCOCC3)nc(SCc3cc(=O)n4c(C)csc4n3)c2c1C. The number of hydrogen-bond donors (Lipinski definition) is 0. The number of thiophene rings is 1. The van der Waals surface area contributed by atoms with Crippen molar-refractivity contribution >= 4 is 49.6 Å². The summed E-state index contributed by atoms with van der Waals surface area (Å²) >= 11 is 4.86. The molecule has 31 heavy (non-hydrogen) atoms. The van der Waals surface area contributed by atoms with E-state index in [9.17, 15) is 4.79 Å². The standard InChI is InChI=1S/C21H23N5O2S3/c1-12-10-30-21-22-15(8-17(27)26(12)21)11-29-19-18-13(2)14(3)31-20(18)24-16(23-19)9-25-4-6-28-7-5-25/h8,10H,4-7,9,11H2,1-3H3. The molecule has 10 heteroatoms. The molecule has 1 aliphatic rings. The Kier molecular flexibility index (Phi) is 5.82. The van der Waals surface area contributed by atoms with E-state index in [1.165, 1.54) is 21.8 Å². The molecule has 1 aliphatic heterocycles. The van der Waals surface area contributed by atoms with Crippen LogP contribution < -0.4 is 5.56 Å². The Bertz CT molecular complexity index is 1320. The van der Waals surface area contributed by atoms with Crippen LogP contribution in [0.2, 0.25) is 0 Å². The summed E-state index contributed by atoms with van der Waals surface area (Å²) < 4.78 is 7.12. The van der Waals surface area contributed by atoms with E-state index in [1.54, 1.807) is 33.6 Å². The molecule has 0 aliphatic carbocycles. The van der Waals surface area contributed by atoms with Crippen molar-refractivity contribution in [3.63, 3.8) is 0 Å². The van der Waals surface area contributed by atoms with E-state index >= 15 is 0 Å². The van der Waals surface area contributed by atoms with Crippen molar-refractivity contribution in [3.8, 4) is 0 Å². The monoisotopic (exact) mass is 473 g/mol. The highest BCUT2D eigenvalue weighted by Crippen LogP contribution is 2.36. The van der Waals surface area contributed by atoms with Crippen LogP contribution >= 0.6 is 34.4 Å². The van der Waals surface area contributed by atoms with Crippen molar-refractivity contribution in [2.24, 2.45) is 0 Å². The molecule has 5 heterocycles. The van der Waals surface area contributed by atoms with E-state index in [0.717, 1.165) is 70.3 Å². The van der Waals surface area contributed by atoms with Crippen LogP contribution in [-0.2, 0) is 17.0 Å². The zero-order valence-electron chi connectivity index (χ0n) is 17.7. The van der Waals surface area contributed by atoms with Crippen molar-refractivity contribution in [2.75, 3.05) is 26.3 Å². The number of thiazole rings is 1. The highest BCUT2D eigenvalue weighted by Gasteiger charge is 2.18. The van der Waals surface area contributed by atoms with Gasteiger partial charge in [-0.3, -0.25) is 14.1 Å². The average molecular weight is 474 g/mol. The molecular formula is C21H23N5O2S3. The van der Waals surface area contributed by atoms with Gasteiger partial charge in [0.1, 0.15) is 15.7 Å². The molecule has 1 fully saturated rings. The molecule has 0 atom stereocenters. The lowest BCUT2D eigenvalue weighted by atomic mass is 10.2. The third-order valence-corrected chi connectivity index (χ3v) is 8.55. The van der Waals surface area contributed by atoms with Gasteiger partial charge in [-0.1, -0.05) is 11.8 Å². The zero-order chi connectivity index (χ0) is 21.5. The Morgan fingerprint density at radius 2 is 1.97 bits per heavy atom. The third-order valence-electron chi connectivity index (χ3n) is 5.50. The summed E-state index contributed by atoms with van der Waals surface area (Å²) in [6, 6.07) is 1.64. The molecule has 0 aromatic carbocycles. The number of rotatable bonds is 5. The first-order valence-electron chi connectivity index (χ1n) is 10.2. The van der Waals surface area contributed by atoms with Crippen molar-refractivity contribution in [1.29, 1.82) is 0 Å². The summed E-state index contributed by atoms with van der Waals surface area (Å²) in [5.41, 5.74) is 2.91. The quantitative estimate of drug-likeness (QED) is 0.322. The van der Waals surface area contributed by atoms with Crippen molar-refractivity contribution < 1.29 is 4.74 Å². The van der Waals surface area contributed by atoms with Gasteiger partial charge in [0.2, 0.25) is 0 Å². The lowest BCUT2D eigenvalue weighted by Crippen LogP contribution is -2.36. The smallest absolute Gasteiger partial charge is 0.258 e. The summed E-state index contributed by atoms with van der Waals surface area (Å²) in [5, 5.41) is 4.06. The number of morpholine rings is 1. The minimum Gasteiger partial charge on any atom is -0.379 e. The van der Waals surface area contributed by atoms with Gasteiger partial charge in [0, 0.05) is 46.2 Å². The normalized spacial score (nSPS) is 15.3. The Morgan fingerprint density at radius 1 is 1.16 bits per heavy atom. The van der Waals surface area contributed by atoms with Gasteiger partial charge in [-0.05, 0) is 26.3 Å². The van der Waals surface area contributed by atoms with E-state index in [1.807, 2.05) is 12.3 Å². The number of thioether (sulfide) groups is 1. The van der Waals surface area contributed by atoms with Crippen LogP contribution in [0, 0.1) is 20.8 Å². The Balaban J connectivity index is 1.47. The number of aryl methyl sites for hydroxylation is 3. The van der Waals surface area contributed by atoms with Crippen LogP contribution in [0.1, 0.15) is 27.7 Å². The maximum Gasteiger partial charge on any atom is 0.258 e. The molecule has 7 nitrogen and oxygen atoms in total. The number of aromatic nitrogens is 4. The molecule has 1 saturated heterocycles. The first kappa shape index (κ1) is 21.0. The maximum atomic E-state index is 12.5. The molecule has 0 spiro atoms. The van der Waals surface area contributed by atoms with E-state index in [0.29, 0.717) is 5.75 Å². The molecular weight excluding hydrogens is 450 g/mol. The van der Waals surface area contributed by atoms with Gasteiger partial charge >= 0.3 is 0 Å². The molecule has 5 rings (SSSR count). The fourth-order valence-electron chi connectivity index (χ4n) is 3.71. The van der Waals surface area contributed by atoms with Crippen LogP contribution in [0.4, 0.5) is 0 Å². The van der Waals surface area contributed by atoms with Crippen molar-refractivity contribution in [2.45, 2.75) is 38.1 Å². The lowest BCUT2D eigenvalue weighted by Gasteiger charge is -2.25. The third kappa shape index (κ3) is 4.14. The summed E-state index contributed by atoms with van der Waals surface area (Å²) in [4.78, 5) is 32.4. The minimum atomic E-state index is -0.0252. The van der Waals surface area contributed by atoms with Crippen LogP contribution in [0.5, 0.6) is 0 Å². The van der Waals surface area contributed by atoms with Gasteiger partial charge in [-0.2, -0.15) is 0 Å². The summed E-state index contributed by atoms with van der Waals surface area (Å²) in [5.74, 6) is 1.44. The van der Waals surface area contributed by atoms with Gasteiger partial charge in [0.25, 0.3) is 5.56 Å². The number of nitrogens with zero attached hydrogens (tertiary/aromatic N) is 5. The largest absolute Gasteiger partial charge is 0.379 e. The second kappa shape index (κ2) is 8.59. The van der Waals surface area contributed by atoms with Gasteiger partial charge in [0.05, 0.1) is 25.5 Å². The van der Waals surface area contributed by atoms with Crippen LogP contribution in [0.25, 0.3) is 15.2 Å². The summed E-state index contributed by atoms with van der Waals surface area (Å²) in [6.07, 6.45) is 0. The molecule has 0 amide bonds. The van der Waals surface area contributed by atoms with Gasteiger partial charge in [0.15, 0.2) is 4.96 Å². The Hall–Kier alpha value is -1.85. The molecule has 0 bridgehead atoms. The zero-order valence-corrected chi connectivity index (χ0v) is 20.1. The molecule has 0 N–H and O–H groups in total. The van der Waals surface area contributed by atoms with Crippen molar-refractivity contribution in [1.82, 2.24) is 24.3 Å². The molecule has 0 radical (unpaired) electrons. The van der Waals surface area contributed by atoms with E-state index in [4.69, 9.17) is 19.7 Å². The second-order valence-electron chi connectivity index (χ2n) is 7.67. The molecule has 4 aromatic rings. The van der Waals surface area contributed by atoms with E-state index in [2.05, 4.69) is 18.7 Å². The van der Waals surface area contributed by atoms with Gasteiger partial charge in [-0.25, -0.2) is 15.0 Å². The molecule has 0 saturated carbocycles. The highest BCUT2D eigenvalue weighted by atomic mass is 32.2. The maximum absolute atomic E-state index is 12.5. The lowest BCUT2D eigenvalue weighted by molar-refractivity contribution is 0.0330. The van der Waals surface area contributed by atoms with Crippen LogP contribution in [-0.4, -0.2) is 50.6 Å². The van der Waals surface area contributed by atoms with Gasteiger partial charge < -0.3 is 4.74 Å². The predicted octanol–water partition coefficient (Wildman–Crippen LogP) is 3.81. The number of ether oxygens (including phenoxy) is 1. The fraction of sp³-hybridized carbons (Fsp3) is 0.429. The van der Waals surface area contributed by atoms with Crippen LogP contribution in [0.3, 0.4) is 0 Å². The van der Waals surface area contributed by atoms with Crippen LogP contribution in [0.15, 0.2) is 21.3 Å². The first-order valence-corrected chi connectivity index (χ1v) is 12.8. The Morgan fingerprint density at radius 3 is 2.77 bits per heavy atom. The topological polar surface area (TPSA) is 72.6 Å². The molecule has 162 valence electrons. The Labute approximate surface area is 192 Å². The highest BCUT2D eigenvalue weighted by molar-refractivity contribution is 7.98. The first-order chi connectivity index (χ1) is 15.0. The summed E-state index contributed by atoms with van der Waals surface area (Å²) in [7, 11) is 0.